The van der Waals surface area contributed by atoms with Gasteiger partial charge in [0.15, 0.2) is 0 Å². The summed E-state index contributed by atoms with van der Waals surface area (Å²) in [6.07, 6.45) is 2.01. The molecule has 1 aromatic heterocycles. The molecule has 1 heterocycles. The van der Waals surface area contributed by atoms with Crippen LogP contribution in [0.25, 0.3) is 0 Å². The summed E-state index contributed by atoms with van der Waals surface area (Å²) in [5.74, 6) is 0.482. The molecule has 0 aliphatic carbocycles. The van der Waals surface area contributed by atoms with Gasteiger partial charge in [0.05, 0.1) is 12.7 Å². The molecule has 108 valence electrons. The Morgan fingerprint density at radius 3 is 2.60 bits per heavy atom. The lowest BCUT2D eigenvalue weighted by atomic mass is 10.0. The van der Waals surface area contributed by atoms with E-state index in [1.165, 1.54) is 22.4 Å². The number of hydrogen-bond donors (Lipinski definition) is 1. The maximum absolute atomic E-state index is 4.60. The van der Waals surface area contributed by atoms with E-state index in [1.807, 2.05) is 6.20 Å². The zero-order valence-electron chi connectivity index (χ0n) is 13.0. The van der Waals surface area contributed by atoms with Crippen molar-refractivity contribution in [1.82, 2.24) is 15.1 Å². The monoisotopic (exact) mass is 271 g/mol. The lowest BCUT2D eigenvalue weighted by Crippen LogP contribution is -2.15. The number of hydrogen-bond acceptors (Lipinski definition) is 2. The van der Waals surface area contributed by atoms with Crippen LogP contribution in [-0.2, 0) is 13.1 Å². The fraction of sp³-hybridized carbons (Fsp3) is 0.471. The molecule has 20 heavy (non-hydrogen) atoms. The third kappa shape index (κ3) is 3.28. The molecule has 0 spiro atoms. The summed E-state index contributed by atoms with van der Waals surface area (Å²) in [6, 6.07) is 8.53. The van der Waals surface area contributed by atoms with E-state index >= 15 is 0 Å². The molecule has 2 rings (SSSR count). The number of benzene rings is 1. The molecule has 0 amide bonds. The van der Waals surface area contributed by atoms with Gasteiger partial charge in [-0.05, 0) is 30.5 Å². The van der Waals surface area contributed by atoms with Gasteiger partial charge in [-0.25, -0.2) is 0 Å². The van der Waals surface area contributed by atoms with Crippen molar-refractivity contribution in [2.24, 2.45) is 0 Å². The highest BCUT2D eigenvalue weighted by Gasteiger charge is 2.14. The Bertz CT molecular complexity index is 555. The third-order valence-electron chi connectivity index (χ3n) is 3.65. The Hall–Kier alpha value is -1.61. The van der Waals surface area contributed by atoms with Crippen LogP contribution in [0.4, 0.5) is 0 Å². The van der Waals surface area contributed by atoms with E-state index in [9.17, 15) is 0 Å². The van der Waals surface area contributed by atoms with Gasteiger partial charge in [0, 0.05) is 17.8 Å². The maximum Gasteiger partial charge on any atom is 0.0665 e. The molecular weight excluding hydrogens is 246 g/mol. The topological polar surface area (TPSA) is 29.9 Å². The van der Waals surface area contributed by atoms with Crippen LogP contribution in [0.3, 0.4) is 0 Å². The van der Waals surface area contributed by atoms with Crippen LogP contribution in [0.2, 0.25) is 0 Å². The molecule has 0 fully saturated rings. The van der Waals surface area contributed by atoms with Crippen LogP contribution in [0.5, 0.6) is 0 Å². The zero-order chi connectivity index (χ0) is 14.5. The lowest BCUT2D eigenvalue weighted by Gasteiger charge is -2.14. The number of aromatic nitrogens is 2. The second-order valence-electron chi connectivity index (χ2n) is 5.57. The maximum atomic E-state index is 4.60. The highest BCUT2D eigenvalue weighted by Crippen LogP contribution is 2.21. The van der Waals surface area contributed by atoms with Crippen LogP contribution in [0.15, 0.2) is 30.5 Å². The molecule has 2 aromatic rings. The Kier molecular flexibility index (Phi) is 4.96. The number of aryl methyl sites for hydroxylation is 1. The van der Waals surface area contributed by atoms with Gasteiger partial charge >= 0.3 is 0 Å². The van der Waals surface area contributed by atoms with E-state index in [-0.39, 0.29) is 0 Å². The number of rotatable bonds is 6. The van der Waals surface area contributed by atoms with Gasteiger partial charge in [-0.1, -0.05) is 45.0 Å². The highest BCUT2D eigenvalue weighted by atomic mass is 15.3. The summed E-state index contributed by atoms with van der Waals surface area (Å²) in [6.45, 7) is 11.5. The standard InChI is InChI=1S/C17H25N3/c1-5-18-10-16-11-19-20(17(16)13(2)3)12-15-9-7-6-8-14(15)4/h6-9,11,13,18H,5,10,12H2,1-4H3. The Labute approximate surface area is 122 Å². The second kappa shape index (κ2) is 6.71. The van der Waals surface area contributed by atoms with Gasteiger partial charge in [0.1, 0.15) is 0 Å². The van der Waals surface area contributed by atoms with Crippen molar-refractivity contribution in [3.63, 3.8) is 0 Å². The molecule has 1 N–H and O–H groups in total. The van der Waals surface area contributed by atoms with Crippen LogP contribution < -0.4 is 5.32 Å². The van der Waals surface area contributed by atoms with Gasteiger partial charge in [-0.2, -0.15) is 5.10 Å². The van der Waals surface area contributed by atoms with Crippen LogP contribution in [0.1, 0.15) is 49.1 Å². The quantitative estimate of drug-likeness (QED) is 0.872. The van der Waals surface area contributed by atoms with E-state index in [4.69, 9.17) is 0 Å². The Morgan fingerprint density at radius 1 is 1.20 bits per heavy atom. The first-order chi connectivity index (χ1) is 9.63. The molecular formula is C17H25N3. The van der Waals surface area contributed by atoms with Gasteiger partial charge in [0.2, 0.25) is 0 Å². The minimum atomic E-state index is 0.482. The van der Waals surface area contributed by atoms with Crippen LogP contribution in [-0.4, -0.2) is 16.3 Å². The van der Waals surface area contributed by atoms with Gasteiger partial charge < -0.3 is 5.32 Å². The summed E-state index contributed by atoms with van der Waals surface area (Å²) in [5, 5.41) is 8.00. The largest absolute Gasteiger partial charge is 0.313 e. The molecule has 3 heteroatoms. The van der Waals surface area contributed by atoms with Crippen LogP contribution >= 0.6 is 0 Å². The van der Waals surface area contributed by atoms with Gasteiger partial charge in [-0.3, -0.25) is 4.68 Å². The predicted molar refractivity (Wildman–Crippen MR) is 84.0 cm³/mol. The number of nitrogens with one attached hydrogen (secondary N) is 1. The molecule has 0 bridgehead atoms. The summed E-state index contributed by atoms with van der Waals surface area (Å²) >= 11 is 0. The molecule has 1 aromatic carbocycles. The van der Waals surface area contributed by atoms with Crippen molar-refractivity contribution in [1.29, 1.82) is 0 Å². The minimum absolute atomic E-state index is 0.482. The molecule has 0 atom stereocenters. The fourth-order valence-corrected chi connectivity index (χ4v) is 2.57. The SMILES string of the molecule is CCNCc1cnn(Cc2ccccc2C)c1C(C)C. The lowest BCUT2D eigenvalue weighted by molar-refractivity contribution is 0.607. The van der Waals surface area contributed by atoms with Crippen molar-refractivity contribution >= 4 is 0 Å². The first kappa shape index (κ1) is 14.8. The smallest absolute Gasteiger partial charge is 0.0665 e. The van der Waals surface area contributed by atoms with Crippen molar-refractivity contribution in [3.05, 3.63) is 52.8 Å². The number of nitrogens with zero attached hydrogens (tertiary/aromatic N) is 2. The first-order valence-electron chi connectivity index (χ1n) is 7.43. The van der Waals surface area contributed by atoms with Gasteiger partial charge in [-0.15, -0.1) is 0 Å². The average molecular weight is 271 g/mol. The van der Waals surface area contributed by atoms with Gasteiger partial charge in [0.25, 0.3) is 0 Å². The Balaban J connectivity index is 2.28. The molecule has 0 aliphatic rings. The van der Waals surface area contributed by atoms with Crippen LogP contribution in [0, 0.1) is 6.92 Å². The summed E-state index contributed by atoms with van der Waals surface area (Å²) in [7, 11) is 0. The van der Waals surface area contributed by atoms with E-state index in [1.54, 1.807) is 0 Å². The zero-order valence-corrected chi connectivity index (χ0v) is 13.0. The summed E-state index contributed by atoms with van der Waals surface area (Å²) in [5.41, 5.74) is 5.32. The predicted octanol–water partition coefficient (Wildman–Crippen LogP) is 3.47. The van der Waals surface area contributed by atoms with Crippen molar-refractivity contribution in [2.45, 2.75) is 46.7 Å². The second-order valence-corrected chi connectivity index (χ2v) is 5.57. The van der Waals surface area contributed by atoms with E-state index in [2.05, 4.69) is 67.1 Å². The summed E-state index contributed by atoms with van der Waals surface area (Å²) < 4.78 is 2.15. The molecule has 0 unspecified atom stereocenters. The highest BCUT2D eigenvalue weighted by molar-refractivity contribution is 5.28. The molecule has 0 radical (unpaired) electrons. The van der Waals surface area contributed by atoms with E-state index in [0.717, 1.165) is 19.6 Å². The molecule has 3 nitrogen and oxygen atoms in total. The van der Waals surface area contributed by atoms with E-state index in [0.29, 0.717) is 5.92 Å². The minimum Gasteiger partial charge on any atom is -0.313 e. The third-order valence-corrected chi connectivity index (χ3v) is 3.65. The molecule has 0 aliphatic heterocycles. The molecule has 0 saturated heterocycles. The van der Waals surface area contributed by atoms with Crippen molar-refractivity contribution in [3.8, 4) is 0 Å². The first-order valence-corrected chi connectivity index (χ1v) is 7.43. The van der Waals surface area contributed by atoms with Crippen molar-refractivity contribution < 1.29 is 0 Å². The van der Waals surface area contributed by atoms with E-state index < -0.39 is 0 Å². The average Bonchev–Trinajstić information content (AvgIpc) is 2.82. The van der Waals surface area contributed by atoms with Crippen molar-refractivity contribution in [2.75, 3.05) is 6.54 Å². The summed E-state index contributed by atoms with van der Waals surface area (Å²) in [4.78, 5) is 0. The molecule has 0 saturated carbocycles. The fourth-order valence-electron chi connectivity index (χ4n) is 2.57. The normalized spacial score (nSPS) is 11.2. The Morgan fingerprint density at radius 2 is 1.95 bits per heavy atom.